The summed E-state index contributed by atoms with van der Waals surface area (Å²) in [6.07, 6.45) is 5.71. The van der Waals surface area contributed by atoms with Crippen LogP contribution in [0.2, 0.25) is 0 Å². The molecule has 1 amide bonds. The first-order valence-corrected chi connectivity index (χ1v) is 11.2. The molecule has 1 aliphatic rings. The minimum atomic E-state index is -0.710. The van der Waals surface area contributed by atoms with Gasteiger partial charge in [0.25, 0.3) is 11.5 Å². The molecule has 0 radical (unpaired) electrons. The fourth-order valence-electron chi connectivity index (χ4n) is 4.67. The first-order valence-electron chi connectivity index (χ1n) is 11.2. The van der Waals surface area contributed by atoms with Gasteiger partial charge < -0.3 is 14.3 Å². The molecule has 2 aromatic carbocycles. The standard InChI is InChI=1S/C26H23F2N3O3/c1-15-22(25(32)30-24(16-5-2-6-16)17-7-3-8-18(27)13-17)19-9-4-10-20(28)23(19)26(33)31(15)14-21-29-11-12-34-21/h3-4,7-13,16,24H,2,5-6,14H2,1H3,(H,30,32)/t24-/m0/s1. The molecule has 0 aliphatic heterocycles. The van der Waals surface area contributed by atoms with Gasteiger partial charge in [-0.2, -0.15) is 0 Å². The quantitative estimate of drug-likeness (QED) is 0.442. The van der Waals surface area contributed by atoms with Gasteiger partial charge in [-0.1, -0.05) is 30.7 Å². The van der Waals surface area contributed by atoms with Crippen LogP contribution in [0.25, 0.3) is 10.8 Å². The highest BCUT2D eigenvalue weighted by Gasteiger charge is 2.32. The summed E-state index contributed by atoms with van der Waals surface area (Å²) in [5.41, 5.74) is 0.673. The van der Waals surface area contributed by atoms with Gasteiger partial charge in [0.05, 0.1) is 23.2 Å². The highest BCUT2D eigenvalue weighted by atomic mass is 19.1. The second-order valence-corrected chi connectivity index (χ2v) is 8.64. The number of aromatic nitrogens is 2. The predicted molar refractivity (Wildman–Crippen MR) is 122 cm³/mol. The van der Waals surface area contributed by atoms with Gasteiger partial charge in [0, 0.05) is 11.1 Å². The number of pyridine rings is 1. The Kier molecular flexibility index (Phi) is 5.73. The van der Waals surface area contributed by atoms with Gasteiger partial charge in [-0.05, 0) is 49.4 Å². The van der Waals surface area contributed by atoms with Crippen LogP contribution >= 0.6 is 0 Å². The van der Waals surface area contributed by atoms with Crippen molar-refractivity contribution in [2.24, 2.45) is 5.92 Å². The number of benzene rings is 2. The fourth-order valence-corrected chi connectivity index (χ4v) is 4.67. The van der Waals surface area contributed by atoms with Gasteiger partial charge >= 0.3 is 0 Å². The molecule has 1 fully saturated rings. The molecule has 1 N–H and O–H groups in total. The van der Waals surface area contributed by atoms with Gasteiger partial charge in [-0.25, -0.2) is 13.8 Å². The van der Waals surface area contributed by atoms with Crippen LogP contribution in [0.1, 0.15) is 52.8 Å². The van der Waals surface area contributed by atoms with Crippen molar-refractivity contribution in [3.8, 4) is 0 Å². The minimum Gasteiger partial charge on any atom is -0.447 e. The van der Waals surface area contributed by atoms with Crippen LogP contribution in [0.4, 0.5) is 8.78 Å². The molecule has 0 bridgehead atoms. The third-order valence-electron chi connectivity index (χ3n) is 6.63. The van der Waals surface area contributed by atoms with Crippen LogP contribution in [0.15, 0.2) is 64.1 Å². The Morgan fingerprint density at radius 1 is 1.24 bits per heavy atom. The monoisotopic (exact) mass is 463 g/mol. The molecule has 1 saturated carbocycles. The van der Waals surface area contributed by atoms with Crippen LogP contribution in [0.5, 0.6) is 0 Å². The van der Waals surface area contributed by atoms with E-state index in [-0.39, 0.29) is 40.5 Å². The lowest BCUT2D eigenvalue weighted by Gasteiger charge is -2.35. The van der Waals surface area contributed by atoms with E-state index in [9.17, 15) is 18.4 Å². The van der Waals surface area contributed by atoms with Crippen molar-refractivity contribution < 1.29 is 18.0 Å². The van der Waals surface area contributed by atoms with E-state index < -0.39 is 23.3 Å². The maximum Gasteiger partial charge on any atom is 0.262 e. The van der Waals surface area contributed by atoms with Gasteiger partial charge in [-0.3, -0.25) is 9.59 Å². The summed E-state index contributed by atoms with van der Waals surface area (Å²) in [4.78, 5) is 30.9. The van der Waals surface area contributed by atoms with Crippen molar-refractivity contribution in [1.29, 1.82) is 0 Å². The van der Waals surface area contributed by atoms with Gasteiger partial charge in [0.1, 0.15) is 24.4 Å². The van der Waals surface area contributed by atoms with E-state index in [1.807, 2.05) is 0 Å². The molecular weight excluding hydrogens is 440 g/mol. The van der Waals surface area contributed by atoms with E-state index in [1.165, 1.54) is 41.3 Å². The number of nitrogens with one attached hydrogen (secondary N) is 1. The third kappa shape index (κ3) is 3.89. The predicted octanol–water partition coefficient (Wildman–Crippen LogP) is 4.90. The number of halogens is 2. The second kappa shape index (κ2) is 8.85. The number of carbonyl (C=O) groups is 1. The lowest BCUT2D eigenvalue weighted by atomic mass is 9.77. The number of hydrogen-bond acceptors (Lipinski definition) is 4. The normalized spacial score (nSPS) is 14.7. The largest absolute Gasteiger partial charge is 0.447 e. The summed E-state index contributed by atoms with van der Waals surface area (Å²) in [5.74, 6) is -1.10. The highest BCUT2D eigenvalue weighted by molar-refractivity contribution is 6.08. The maximum atomic E-state index is 14.8. The first-order chi connectivity index (χ1) is 16.4. The van der Waals surface area contributed by atoms with E-state index >= 15 is 0 Å². The minimum absolute atomic E-state index is 0.0435. The van der Waals surface area contributed by atoms with E-state index in [0.717, 1.165) is 19.3 Å². The van der Waals surface area contributed by atoms with Crippen LogP contribution in [0.3, 0.4) is 0 Å². The Balaban J connectivity index is 1.62. The van der Waals surface area contributed by atoms with Gasteiger partial charge in [-0.15, -0.1) is 0 Å². The average molecular weight is 463 g/mol. The number of nitrogens with zero attached hydrogens (tertiary/aromatic N) is 2. The molecule has 1 aliphatic carbocycles. The van der Waals surface area contributed by atoms with Crippen molar-refractivity contribution in [2.45, 2.75) is 38.8 Å². The zero-order valence-electron chi connectivity index (χ0n) is 18.6. The molecule has 4 aromatic rings. The molecule has 1 atom stereocenters. The zero-order chi connectivity index (χ0) is 23.8. The molecule has 34 heavy (non-hydrogen) atoms. The summed E-state index contributed by atoms with van der Waals surface area (Å²) in [6.45, 7) is 1.60. The first kappa shape index (κ1) is 22.0. The van der Waals surface area contributed by atoms with Crippen LogP contribution in [0, 0.1) is 24.5 Å². The summed E-state index contributed by atoms with van der Waals surface area (Å²) in [5, 5.41) is 3.12. The number of fused-ring (bicyclic) bond motifs is 1. The molecule has 174 valence electrons. The number of hydrogen-bond donors (Lipinski definition) is 1. The van der Waals surface area contributed by atoms with E-state index in [2.05, 4.69) is 10.3 Å². The number of carbonyl (C=O) groups excluding carboxylic acids is 1. The Bertz CT molecular complexity index is 1430. The summed E-state index contributed by atoms with van der Waals surface area (Å²) in [7, 11) is 0. The molecule has 2 aromatic heterocycles. The van der Waals surface area contributed by atoms with Crippen molar-refractivity contribution in [3.05, 3.63) is 99.6 Å². The smallest absolute Gasteiger partial charge is 0.262 e. The van der Waals surface area contributed by atoms with Crippen molar-refractivity contribution in [3.63, 3.8) is 0 Å². The Hall–Kier alpha value is -3.81. The topological polar surface area (TPSA) is 77.1 Å². The average Bonchev–Trinajstić information content (AvgIpc) is 3.28. The van der Waals surface area contributed by atoms with Crippen molar-refractivity contribution in [1.82, 2.24) is 14.9 Å². The number of rotatable bonds is 6. The molecule has 2 heterocycles. The van der Waals surface area contributed by atoms with E-state index in [1.54, 1.807) is 25.1 Å². The molecule has 0 unspecified atom stereocenters. The van der Waals surface area contributed by atoms with Gasteiger partial charge in [0.2, 0.25) is 5.89 Å². The van der Waals surface area contributed by atoms with Crippen molar-refractivity contribution >= 4 is 16.7 Å². The summed E-state index contributed by atoms with van der Waals surface area (Å²) < 4.78 is 35.4. The lowest BCUT2D eigenvalue weighted by molar-refractivity contribution is 0.0900. The van der Waals surface area contributed by atoms with Crippen molar-refractivity contribution in [2.75, 3.05) is 0 Å². The lowest BCUT2D eigenvalue weighted by Crippen LogP contribution is -2.38. The maximum absolute atomic E-state index is 14.8. The van der Waals surface area contributed by atoms with Crippen LogP contribution < -0.4 is 10.9 Å². The molecule has 5 rings (SSSR count). The highest BCUT2D eigenvalue weighted by Crippen LogP contribution is 2.38. The summed E-state index contributed by atoms with van der Waals surface area (Å²) in [6, 6.07) is 10.0. The van der Waals surface area contributed by atoms with E-state index in [4.69, 9.17) is 4.42 Å². The number of amides is 1. The Morgan fingerprint density at radius 3 is 2.71 bits per heavy atom. The molecule has 8 heteroatoms. The Morgan fingerprint density at radius 2 is 2.03 bits per heavy atom. The summed E-state index contributed by atoms with van der Waals surface area (Å²) >= 11 is 0. The molecule has 0 saturated heterocycles. The second-order valence-electron chi connectivity index (χ2n) is 8.64. The SMILES string of the molecule is Cc1c(C(=O)N[C@H](c2cccc(F)c2)C2CCC2)c2cccc(F)c2c(=O)n1Cc1ncco1. The third-order valence-corrected chi connectivity index (χ3v) is 6.63. The fraction of sp³-hybridized carbons (Fsp3) is 0.269. The van der Waals surface area contributed by atoms with E-state index in [0.29, 0.717) is 11.3 Å². The zero-order valence-corrected chi connectivity index (χ0v) is 18.6. The molecule has 6 nitrogen and oxygen atoms in total. The van der Waals surface area contributed by atoms with Crippen LogP contribution in [-0.2, 0) is 6.54 Å². The molecular formula is C26H23F2N3O3. The Labute approximate surface area is 194 Å². The van der Waals surface area contributed by atoms with Crippen LogP contribution in [-0.4, -0.2) is 15.5 Å². The molecule has 0 spiro atoms. The van der Waals surface area contributed by atoms with Gasteiger partial charge in [0.15, 0.2) is 0 Å². The number of oxazole rings is 1.